The van der Waals surface area contributed by atoms with Gasteiger partial charge in [-0.15, -0.1) is 0 Å². The van der Waals surface area contributed by atoms with Crippen LogP contribution in [0.15, 0.2) is 0 Å². The molecule has 4 aliphatic rings. The number of fused-ring (bicyclic) bond motifs is 5. The Morgan fingerprint density at radius 1 is 0.875 bits per heavy atom. The van der Waals surface area contributed by atoms with Gasteiger partial charge in [-0.25, -0.2) is 0 Å². The van der Waals surface area contributed by atoms with Gasteiger partial charge in [0.1, 0.15) is 6.04 Å². The van der Waals surface area contributed by atoms with Gasteiger partial charge in [0.15, 0.2) is 0 Å². The van der Waals surface area contributed by atoms with Gasteiger partial charge in [-0.3, -0.25) is 9.59 Å². The van der Waals surface area contributed by atoms with E-state index >= 15 is 0 Å². The maximum atomic E-state index is 12.6. The number of hydrogen-bond donors (Lipinski definition) is 2. The Morgan fingerprint density at radius 3 is 2.42 bits per heavy atom. The van der Waals surface area contributed by atoms with Crippen LogP contribution in [0.3, 0.4) is 0 Å². The number of carbonyl (C=O) groups excluding carboxylic acids is 2. The van der Waals surface area contributed by atoms with Crippen LogP contribution in [0.1, 0.15) is 71.1 Å². The smallest absolute Gasteiger partial charge is 0.242 e. The van der Waals surface area contributed by atoms with Crippen LogP contribution in [0, 0.1) is 29.6 Å². The lowest BCUT2D eigenvalue weighted by Gasteiger charge is -2.33. The molecule has 0 spiro atoms. The summed E-state index contributed by atoms with van der Waals surface area (Å²) in [4.78, 5) is 24.9. The van der Waals surface area contributed by atoms with Crippen LogP contribution < -0.4 is 10.6 Å². The average Bonchev–Trinajstić information content (AvgIpc) is 3.28. The molecule has 4 aliphatic carbocycles. The van der Waals surface area contributed by atoms with E-state index < -0.39 is 6.04 Å². The zero-order valence-corrected chi connectivity index (χ0v) is 14.9. The minimum Gasteiger partial charge on any atom is -0.351 e. The number of hydrogen-bond acceptors (Lipinski definition) is 2. The van der Waals surface area contributed by atoms with E-state index in [0.717, 1.165) is 43.4 Å². The third kappa shape index (κ3) is 2.97. The highest BCUT2D eigenvalue weighted by molar-refractivity contribution is 5.88. The Kier molecular flexibility index (Phi) is 4.57. The zero-order valence-electron chi connectivity index (χ0n) is 14.9. The van der Waals surface area contributed by atoms with Gasteiger partial charge in [0.05, 0.1) is 0 Å². The molecular weight excluding hydrogens is 300 g/mol. The highest BCUT2D eigenvalue weighted by Gasteiger charge is 2.54. The molecule has 4 rings (SSSR count). The summed E-state index contributed by atoms with van der Waals surface area (Å²) in [6.07, 6.45) is 12.2. The normalized spacial score (nSPS) is 39.5. The van der Waals surface area contributed by atoms with E-state index in [-0.39, 0.29) is 17.7 Å². The van der Waals surface area contributed by atoms with Gasteiger partial charge in [-0.1, -0.05) is 25.7 Å². The number of nitrogens with one attached hydrogen (secondary N) is 2. The SMILES string of the molecule is CC(NC(=O)C1CCCCC1)C(=O)NC1CC2CC1C1CCCC21. The summed E-state index contributed by atoms with van der Waals surface area (Å²) in [6.45, 7) is 1.83. The molecule has 0 aromatic heterocycles. The predicted octanol–water partition coefficient (Wildman–Crippen LogP) is 3.01. The van der Waals surface area contributed by atoms with Gasteiger partial charge in [0.25, 0.3) is 0 Å². The molecule has 134 valence electrons. The van der Waals surface area contributed by atoms with Crippen molar-refractivity contribution >= 4 is 11.8 Å². The molecule has 2 bridgehead atoms. The second kappa shape index (κ2) is 6.68. The van der Waals surface area contributed by atoms with Crippen LogP contribution in [0.25, 0.3) is 0 Å². The van der Waals surface area contributed by atoms with Crippen LogP contribution in [0.2, 0.25) is 0 Å². The minimum absolute atomic E-state index is 0.0197. The fourth-order valence-electron chi connectivity index (χ4n) is 6.30. The molecule has 4 nitrogen and oxygen atoms in total. The third-order valence-corrected chi connectivity index (χ3v) is 7.48. The van der Waals surface area contributed by atoms with Gasteiger partial charge in [-0.05, 0) is 69.1 Å². The van der Waals surface area contributed by atoms with E-state index in [2.05, 4.69) is 10.6 Å². The molecular formula is C20H32N2O2. The van der Waals surface area contributed by atoms with Crippen LogP contribution in [0.4, 0.5) is 0 Å². The highest BCUT2D eigenvalue weighted by atomic mass is 16.2. The fraction of sp³-hybridized carbons (Fsp3) is 0.900. The van der Waals surface area contributed by atoms with Crippen LogP contribution >= 0.6 is 0 Å². The van der Waals surface area contributed by atoms with E-state index in [0.29, 0.717) is 12.0 Å². The zero-order chi connectivity index (χ0) is 16.7. The van der Waals surface area contributed by atoms with Gasteiger partial charge < -0.3 is 10.6 Å². The second-order valence-electron chi connectivity index (χ2n) is 8.83. The molecule has 0 aliphatic heterocycles. The molecule has 0 aromatic carbocycles. The Morgan fingerprint density at radius 2 is 1.62 bits per heavy atom. The van der Waals surface area contributed by atoms with Crippen LogP contribution in [0.5, 0.6) is 0 Å². The monoisotopic (exact) mass is 332 g/mol. The molecule has 24 heavy (non-hydrogen) atoms. The van der Waals surface area contributed by atoms with Crippen molar-refractivity contribution in [3.63, 3.8) is 0 Å². The Bertz CT molecular complexity index is 500. The highest BCUT2D eigenvalue weighted by Crippen LogP contribution is 2.58. The summed E-state index contributed by atoms with van der Waals surface area (Å²) >= 11 is 0. The standard InChI is InChI=1S/C20H32N2O2/c1-12(21-20(24)13-6-3-2-4-7-13)19(23)22-18-11-14-10-17(18)16-9-5-8-15(14)16/h12-18H,2-11H2,1H3,(H,21,24)(H,22,23). The molecule has 4 fully saturated rings. The molecule has 2 N–H and O–H groups in total. The first kappa shape index (κ1) is 16.4. The topological polar surface area (TPSA) is 58.2 Å². The Balaban J connectivity index is 1.28. The van der Waals surface area contributed by atoms with E-state index in [1.807, 2.05) is 6.92 Å². The van der Waals surface area contributed by atoms with Crippen LogP contribution in [-0.4, -0.2) is 23.9 Å². The van der Waals surface area contributed by atoms with Crippen molar-refractivity contribution in [3.05, 3.63) is 0 Å². The van der Waals surface area contributed by atoms with Gasteiger partial charge >= 0.3 is 0 Å². The van der Waals surface area contributed by atoms with Gasteiger partial charge in [0.2, 0.25) is 11.8 Å². The van der Waals surface area contributed by atoms with Gasteiger partial charge in [0, 0.05) is 12.0 Å². The number of rotatable bonds is 4. The molecule has 4 heteroatoms. The summed E-state index contributed by atoms with van der Waals surface area (Å²) in [6, 6.07) is -0.0474. The first-order chi connectivity index (χ1) is 11.6. The molecule has 0 saturated heterocycles. The first-order valence-electron chi connectivity index (χ1n) is 10.2. The molecule has 6 atom stereocenters. The lowest BCUT2D eigenvalue weighted by molar-refractivity contribution is -0.131. The van der Waals surface area contributed by atoms with Crippen molar-refractivity contribution < 1.29 is 9.59 Å². The van der Waals surface area contributed by atoms with Crippen molar-refractivity contribution in [1.29, 1.82) is 0 Å². The Labute approximate surface area is 145 Å². The fourth-order valence-corrected chi connectivity index (χ4v) is 6.30. The largest absolute Gasteiger partial charge is 0.351 e. The summed E-state index contributed by atoms with van der Waals surface area (Å²) < 4.78 is 0. The van der Waals surface area contributed by atoms with Crippen LogP contribution in [-0.2, 0) is 9.59 Å². The lowest BCUT2D eigenvalue weighted by atomic mass is 9.79. The molecule has 0 radical (unpaired) electrons. The summed E-state index contributed by atoms with van der Waals surface area (Å²) in [5.74, 6) is 3.59. The van der Waals surface area contributed by atoms with E-state index in [4.69, 9.17) is 0 Å². The molecule has 4 saturated carbocycles. The van der Waals surface area contributed by atoms with Crippen molar-refractivity contribution in [3.8, 4) is 0 Å². The lowest BCUT2D eigenvalue weighted by Crippen LogP contribution is -2.51. The molecule has 0 aromatic rings. The number of amides is 2. The van der Waals surface area contributed by atoms with E-state index in [9.17, 15) is 9.59 Å². The van der Waals surface area contributed by atoms with Crippen molar-refractivity contribution in [2.45, 2.75) is 83.2 Å². The van der Waals surface area contributed by atoms with Crippen molar-refractivity contribution in [1.82, 2.24) is 10.6 Å². The number of carbonyl (C=O) groups is 2. The Hall–Kier alpha value is -1.06. The minimum atomic E-state index is -0.405. The first-order valence-corrected chi connectivity index (χ1v) is 10.2. The summed E-state index contributed by atoms with van der Waals surface area (Å²) in [7, 11) is 0. The molecule has 0 heterocycles. The maximum absolute atomic E-state index is 12.6. The summed E-state index contributed by atoms with van der Waals surface area (Å²) in [5, 5.41) is 6.24. The summed E-state index contributed by atoms with van der Waals surface area (Å²) in [5.41, 5.74) is 0. The van der Waals surface area contributed by atoms with E-state index in [1.54, 1.807) is 0 Å². The van der Waals surface area contributed by atoms with E-state index in [1.165, 1.54) is 38.5 Å². The molecule has 6 unspecified atom stereocenters. The second-order valence-corrected chi connectivity index (χ2v) is 8.83. The van der Waals surface area contributed by atoms with Crippen molar-refractivity contribution in [2.75, 3.05) is 0 Å². The quantitative estimate of drug-likeness (QED) is 0.831. The third-order valence-electron chi connectivity index (χ3n) is 7.48. The maximum Gasteiger partial charge on any atom is 0.242 e. The average molecular weight is 332 g/mol. The van der Waals surface area contributed by atoms with Crippen molar-refractivity contribution in [2.24, 2.45) is 29.6 Å². The van der Waals surface area contributed by atoms with Gasteiger partial charge in [-0.2, -0.15) is 0 Å². The molecule has 2 amide bonds. The predicted molar refractivity (Wildman–Crippen MR) is 93.2 cm³/mol.